The Balaban J connectivity index is 2.00. The van der Waals surface area contributed by atoms with Gasteiger partial charge in [-0.3, -0.25) is 19.8 Å². The topological polar surface area (TPSA) is 69.7 Å². The SMILES string of the molecule is CCCC1C(=O)NC(=O)N(CC2CCN(CC)C2)C1=O. The van der Waals surface area contributed by atoms with Crippen LogP contribution in [0.25, 0.3) is 0 Å². The predicted octanol–water partition coefficient (Wildman–Crippen LogP) is 0.823. The molecule has 0 aliphatic carbocycles. The number of barbiturate groups is 1. The average Bonchev–Trinajstić information content (AvgIpc) is 2.87. The normalized spacial score (nSPS) is 28.1. The van der Waals surface area contributed by atoms with Crippen LogP contribution in [0.1, 0.15) is 33.1 Å². The summed E-state index contributed by atoms with van der Waals surface area (Å²) in [6, 6.07) is -0.553. The second kappa shape index (κ2) is 6.35. The van der Waals surface area contributed by atoms with Crippen LogP contribution < -0.4 is 5.32 Å². The Labute approximate surface area is 119 Å². The van der Waals surface area contributed by atoms with E-state index in [0.717, 1.165) is 32.5 Å². The van der Waals surface area contributed by atoms with Gasteiger partial charge >= 0.3 is 6.03 Å². The number of nitrogens with one attached hydrogen (secondary N) is 1. The smallest absolute Gasteiger partial charge is 0.303 e. The number of imide groups is 2. The van der Waals surface area contributed by atoms with Crippen LogP contribution in [-0.4, -0.2) is 53.8 Å². The number of likely N-dealkylation sites (tertiary alicyclic amines) is 1. The third-order valence-electron chi connectivity index (χ3n) is 4.19. The van der Waals surface area contributed by atoms with Gasteiger partial charge in [0, 0.05) is 13.1 Å². The van der Waals surface area contributed by atoms with Crippen molar-refractivity contribution in [1.82, 2.24) is 15.1 Å². The van der Waals surface area contributed by atoms with Crippen molar-refractivity contribution in [3.8, 4) is 0 Å². The van der Waals surface area contributed by atoms with Crippen LogP contribution in [0.4, 0.5) is 4.79 Å². The quantitative estimate of drug-likeness (QED) is 0.758. The summed E-state index contributed by atoms with van der Waals surface area (Å²) in [4.78, 5) is 39.4. The Bertz CT molecular complexity index is 410. The molecule has 0 bridgehead atoms. The number of rotatable bonds is 5. The molecule has 2 unspecified atom stereocenters. The molecule has 6 nitrogen and oxygen atoms in total. The molecule has 0 saturated carbocycles. The minimum atomic E-state index is -0.693. The fourth-order valence-corrected chi connectivity index (χ4v) is 2.98. The van der Waals surface area contributed by atoms with Gasteiger partial charge in [-0.2, -0.15) is 0 Å². The van der Waals surface area contributed by atoms with E-state index >= 15 is 0 Å². The zero-order valence-electron chi connectivity index (χ0n) is 12.2. The lowest BCUT2D eigenvalue weighted by Gasteiger charge is -2.31. The van der Waals surface area contributed by atoms with Crippen molar-refractivity contribution in [1.29, 1.82) is 0 Å². The maximum absolute atomic E-state index is 12.3. The predicted molar refractivity (Wildman–Crippen MR) is 73.9 cm³/mol. The van der Waals surface area contributed by atoms with E-state index in [1.165, 1.54) is 4.90 Å². The third kappa shape index (κ3) is 3.00. The molecule has 0 aromatic rings. The summed E-state index contributed by atoms with van der Waals surface area (Å²) in [6.45, 7) is 7.39. The Hall–Kier alpha value is -1.43. The van der Waals surface area contributed by atoms with Crippen LogP contribution in [0, 0.1) is 11.8 Å². The van der Waals surface area contributed by atoms with Crippen LogP contribution in [0.2, 0.25) is 0 Å². The first-order chi connectivity index (χ1) is 9.56. The first kappa shape index (κ1) is 15.0. The van der Waals surface area contributed by atoms with E-state index < -0.39 is 17.9 Å². The zero-order valence-corrected chi connectivity index (χ0v) is 12.2. The van der Waals surface area contributed by atoms with E-state index in [1.807, 2.05) is 6.92 Å². The van der Waals surface area contributed by atoms with Crippen molar-refractivity contribution >= 4 is 17.8 Å². The molecule has 2 aliphatic rings. The second-order valence-electron chi connectivity index (χ2n) is 5.63. The molecule has 2 fully saturated rings. The van der Waals surface area contributed by atoms with E-state index in [-0.39, 0.29) is 5.91 Å². The standard InChI is InChI=1S/C14H23N3O3/c1-3-5-11-12(18)15-14(20)17(13(11)19)9-10-6-7-16(4-2)8-10/h10-11H,3-9H2,1-2H3,(H,15,18,20). The van der Waals surface area contributed by atoms with Crippen molar-refractivity contribution in [2.45, 2.75) is 33.1 Å². The van der Waals surface area contributed by atoms with Crippen LogP contribution >= 0.6 is 0 Å². The summed E-state index contributed by atoms with van der Waals surface area (Å²) in [7, 11) is 0. The highest BCUT2D eigenvalue weighted by Gasteiger charge is 2.41. The lowest BCUT2D eigenvalue weighted by atomic mass is 9.98. The molecule has 112 valence electrons. The number of nitrogens with zero attached hydrogens (tertiary/aromatic N) is 2. The lowest BCUT2D eigenvalue weighted by molar-refractivity contribution is -0.143. The summed E-state index contributed by atoms with van der Waals surface area (Å²) >= 11 is 0. The highest BCUT2D eigenvalue weighted by Crippen LogP contribution is 2.21. The molecule has 2 heterocycles. The Morgan fingerprint density at radius 2 is 2.00 bits per heavy atom. The van der Waals surface area contributed by atoms with E-state index in [9.17, 15) is 14.4 Å². The van der Waals surface area contributed by atoms with Gasteiger partial charge in [-0.25, -0.2) is 4.79 Å². The molecule has 0 aromatic heterocycles. The van der Waals surface area contributed by atoms with Gasteiger partial charge in [0.25, 0.3) is 0 Å². The monoisotopic (exact) mass is 281 g/mol. The van der Waals surface area contributed by atoms with Crippen molar-refractivity contribution in [2.24, 2.45) is 11.8 Å². The van der Waals surface area contributed by atoms with Crippen LogP contribution in [0.5, 0.6) is 0 Å². The van der Waals surface area contributed by atoms with Gasteiger partial charge in [-0.05, 0) is 31.8 Å². The summed E-state index contributed by atoms with van der Waals surface area (Å²) in [6.07, 6.45) is 2.25. The van der Waals surface area contributed by atoms with Crippen molar-refractivity contribution in [3.63, 3.8) is 0 Å². The Morgan fingerprint density at radius 1 is 1.25 bits per heavy atom. The number of carbonyl (C=O) groups is 3. The molecule has 0 radical (unpaired) electrons. The summed E-state index contributed by atoms with van der Waals surface area (Å²) in [5.41, 5.74) is 0. The molecule has 0 aromatic carbocycles. The number of hydrogen-bond donors (Lipinski definition) is 1. The van der Waals surface area contributed by atoms with Crippen LogP contribution in [0.15, 0.2) is 0 Å². The van der Waals surface area contributed by atoms with Gasteiger partial charge in [0.1, 0.15) is 5.92 Å². The van der Waals surface area contributed by atoms with Gasteiger partial charge < -0.3 is 4.90 Å². The van der Waals surface area contributed by atoms with Crippen LogP contribution in [0.3, 0.4) is 0 Å². The molecular formula is C14H23N3O3. The van der Waals surface area contributed by atoms with Gasteiger partial charge in [-0.1, -0.05) is 20.3 Å². The molecule has 20 heavy (non-hydrogen) atoms. The number of carbonyl (C=O) groups excluding carboxylic acids is 3. The average molecular weight is 281 g/mol. The van der Waals surface area contributed by atoms with Crippen molar-refractivity contribution in [2.75, 3.05) is 26.2 Å². The van der Waals surface area contributed by atoms with E-state index in [4.69, 9.17) is 0 Å². The van der Waals surface area contributed by atoms with Gasteiger partial charge in [0.05, 0.1) is 0 Å². The largest absolute Gasteiger partial charge is 0.330 e. The molecule has 6 heteroatoms. The van der Waals surface area contributed by atoms with E-state index in [2.05, 4.69) is 17.1 Å². The minimum Gasteiger partial charge on any atom is -0.303 e. The molecule has 0 spiro atoms. The van der Waals surface area contributed by atoms with E-state index in [1.54, 1.807) is 0 Å². The molecule has 2 aliphatic heterocycles. The van der Waals surface area contributed by atoms with Crippen molar-refractivity contribution in [3.05, 3.63) is 0 Å². The van der Waals surface area contributed by atoms with Crippen LogP contribution in [-0.2, 0) is 9.59 Å². The summed E-state index contributed by atoms with van der Waals surface area (Å²) < 4.78 is 0. The highest BCUT2D eigenvalue weighted by atomic mass is 16.2. The van der Waals surface area contributed by atoms with E-state index in [0.29, 0.717) is 18.9 Å². The second-order valence-corrected chi connectivity index (χ2v) is 5.63. The third-order valence-corrected chi connectivity index (χ3v) is 4.19. The number of hydrogen-bond acceptors (Lipinski definition) is 4. The lowest BCUT2D eigenvalue weighted by Crippen LogP contribution is -2.58. The van der Waals surface area contributed by atoms with Gasteiger partial charge in [0.2, 0.25) is 11.8 Å². The maximum Gasteiger partial charge on any atom is 0.330 e. The van der Waals surface area contributed by atoms with Gasteiger partial charge in [0.15, 0.2) is 0 Å². The first-order valence-corrected chi connectivity index (χ1v) is 7.45. The maximum atomic E-state index is 12.3. The molecule has 2 saturated heterocycles. The summed E-state index contributed by atoms with van der Waals surface area (Å²) in [5, 5.41) is 2.31. The summed E-state index contributed by atoms with van der Waals surface area (Å²) in [5.74, 6) is -1.14. The fourth-order valence-electron chi connectivity index (χ4n) is 2.98. The Kier molecular flexibility index (Phi) is 4.75. The molecule has 2 atom stereocenters. The highest BCUT2D eigenvalue weighted by molar-refractivity contribution is 6.16. The fraction of sp³-hybridized carbons (Fsp3) is 0.786. The molecule has 2 rings (SSSR count). The molecule has 4 amide bonds. The zero-order chi connectivity index (χ0) is 14.7. The minimum absolute atomic E-state index is 0.320. The molecular weight excluding hydrogens is 258 g/mol. The number of amides is 4. The Morgan fingerprint density at radius 3 is 2.60 bits per heavy atom. The number of urea groups is 1. The molecule has 1 N–H and O–H groups in total. The first-order valence-electron chi connectivity index (χ1n) is 7.45. The van der Waals surface area contributed by atoms with Crippen molar-refractivity contribution < 1.29 is 14.4 Å². The van der Waals surface area contributed by atoms with Gasteiger partial charge in [-0.15, -0.1) is 0 Å².